The van der Waals surface area contributed by atoms with E-state index in [0.29, 0.717) is 0 Å². The smallest absolute Gasteiger partial charge is 0.193 e. The zero-order chi connectivity index (χ0) is 14.9. The predicted octanol–water partition coefficient (Wildman–Crippen LogP) is 1.80. The lowest BCUT2D eigenvalue weighted by molar-refractivity contribution is -0.0405. The number of morpholine rings is 1. The van der Waals surface area contributed by atoms with Crippen LogP contribution in [0.25, 0.3) is 4.96 Å². The molecule has 6 nitrogen and oxygen atoms in total. The molecule has 1 aliphatic heterocycles. The lowest BCUT2D eigenvalue weighted by Crippen LogP contribution is -2.43. The number of aryl methyl sites for hydroxylation is 1. The average Bonchev–Trinajstić information content (AvgIpc) is 3.16. The van der Waals surface area contributed by atoms with Crippen molar-refractivity contribution in [2.75, 3.05) is 19.7 Å². The van der Waals surface area contributed by atoms with Crippen molar-refractivity contribution >= 4 is 16.3 Å². The van der Waals surface area contributed by atoms with Gasteiger partial charge in [-0.05, 0) is 12.5 Å². The molecule has 1 aliphatic rings. The molecule has 4 rings (SSSR count). The van der Waals surface area contributed by atoms with E-state index in [4.69, 9.17) is 4.74 Å². The van der Waals surface area contributed by atoms with E-state index in [9.17, 15) is 0 Å². The monoisotopic (exact) mass is 317 g/mol. The van der Waals surface area contributed by atoms with Crippen LogP contribution in [0.2, 0.25) is 0 Å². The largest absolute Gasteiger partial charge is 0.374 e. The molecule has 22 heavy (non-hydrogen) atoms. The molecule has 3 aromatic heterocycles. The number of rotatable bonds is 4. The Morgan fingerprint density at radius 1 is 1.41 bits per heavy atom. The number of aromatic nitrogens is 4. The van der Waals surface area contributed by atoms with Gasteiger partial charge in [-0.2, -0.15) is 5.10 Å². The standard InChI is InChI=1S/C15H19N5OS/c1-12-6-16-20(7-12)11-14-10-18(2-4-21-14)8-13-9-19-3-5-22-15(19)17-13/h3,5-7,9,14H,2,4,8,10-11H2,1H3/t14-/m1/s1. The first-order valence-corrected chi connectivity index (χ1v) is 8.38. The highest BCUT2D eigenvalue weighted by Gasteiger charge is 2.22. The van der Waals surface area contributed by atoms with Crippen molar-refractivity contribution in [1.82, 2.24) is 24.1 Å². The molecule has 0 spiro atoms. The number of ether oxygens (including phenoxy) is 1. The van der Waals surface area contributed by atoms with Crippen LogP contribution >= 0.6 is 11.3 Å². The van der Waals surface area contributed by atoms with Gasteiger partial charge in [0.1, 0.15) is 0 Å². The van der Waals surface area contributed by atoms with Crippen molar-refractivity contribution in [3.05, 3.63) is 41.4 Å². The first-order valence-electron chi connectivity index (χ1n) is 7.50. The number of nitrogens with zero attached hydrogens (tertiary/aromatic N) is 5. The van der Waals surface area contributed by atoms with Crippen LogP contribution in [0.4, 0.5) is 0 Å². The van der Waals surface area contributed by atoms with E-state index in [1.807, 2.05) is 10.9 Å². The molecule has 0 saturated carbocycles. The molecule has 0 radical (unpaired) electrons. The third kappa shape index (κ3) is 2.92. The van der Waals surface area contributed by atoms with E-state index in [0.717, 1.165) is 43.4 Å². The van der Waals surface area contributed by atoms with Crippen molar-refractivity contribution in [2.24, 2.45) is 0 Å². The number of thiazole rings is 1. The second kappa shape index (κ2) is 5.83. The SMILES string of the molecule is Cc1cnn(C[C@H]2CN(Cc3cn4ccsc4n3)CCO2)c1. The van der Waals surface area contributed by atoms with Crippen LogP contribution in [0.1, 0.15) is 11.3 Å². The lowest BCUT2D eigenvalue weighted by atomic mass is 10.2. The third-order valence-corrected chi connectivity index (χ3v) is 4.68. The maximum atomic E-state index is 5.88. The molecule has 0 unspecified atom stereocenters. The summed E-state index contributed by atoms with van der Waals surface area (Å²) in [4.78, 5) is 8.14. The minimum Gasteiger partial charge on any atom is -0.374 e. The summed E-state index contributed by atoms with van der Waals surface area (Å²) >= 11 is 1.67. The van der Waals surface area contributed by atoms with Gasteiger partial charge in [-0.1, -0.05) is 0 Å². The molecule has 7 heteroatoms. The summed E-state index contributed by atoms with van der Waals surface area (Å²) in [5.74, 6) is 0. The van der Waals surface area contributed by atoms with Crippen LogP contribution in [0, 0.1) is 6.92 Å². The molecule has 0 aliphatic carbocycles. The highest BCUT2D eigenvalue weighted by atomic mass is 32.1. The third-order valence-electron chi connectivity index (χ3n) is 3.90. The van der Waals surface area contributed by atoms with Gasteiger partial charge in [0.15, 0.2) is 4.96 Å². The molecular weight excluding hydrogens is 298 g/mol. The minimum absolute atomic E-state index is 0.191. The Morgan fingerprint density at radius 2 is 2.36 bits per heavy atom. The number of hydrogen-bond acceptors (Lipinski definition) is 5. The quantitative estimate of drug-likeness (QED) is 0.736. The van der Waals surface area contributed by atoms with Crippen molar-refractivity contribution < 1.29 is 4.74 Å². The Balaban J connectivity index is 1.39. The van der Waals surface area contributed by atoms with Crippen LogP contribution in [-0.4, -0.2) is 49.9 Å². The number of imidazole rings is 1. The van der Waals surface area contributed by atoms with E-state index >= 15 is 0 Å². The van der Waals surface area contributed by atoms with E-state index < -0.39 is 0 Å². The first-order chi connectivity index (χ1) is 10.8. The topological polar surface area (TPSA) is 47.6 Å². The second-order valence-corrected chi connectivity index (χ2v) is 6.67. The fourth-order valence-electron chi connectivity index (χ4n) is 2.89. The van der Waals surface area contributed by atoms with E-state index in [1.54, 1.807) is 11.3 Å². The first kappa shape index (κ1) is 13.9. The maximum Gasteiger partial charge on any atom is 0.193 e. The summed E-state index contributed by atoms with van der Waals surface area (Å²) in [7, 11) is 0. The van der Waals surface area contributed by atoms with Gasteiger partial charge in [-0.3, -0.25) is 14.0 Å². The van der Waals surface area contributed by atoms with Crippen LogP contribution in [0.3, 0.4) is 0 Å². The Bertz CT molecular complexity index is 732. The maximum absolute atomic E-state index is 5.88. The molecule has 0 aromatic carbocycles. The second-order valence-electron chi connectivity index (χ2n) is 5.79. The molecule has 1 atom stereocenters. The zero-order valence-electron chi connectivity index (χ0n) is 12.6. The molecule has 4 heterocycles. The fraction of sp³-hybridized carbons (Fsp3) is 0.467. The van der Waals surface area contributed by atoms with Crippen LogP contribution in [-0.2, 0) is 17.8 Å². The highest BCUT2D eigenvalue weighted by molar-refractivity contribution is 7.15. The van der Waals surface area contributed by atoms with Crippen LogP contribution < -0.4 is 0 Å². The molecule has 3 aromatic rings. The number of hydrogen-bond donors (Lipinski definition) is 0. The van der Waals surface area contributed by atoms with Crippen molar-refractivity contribution in [3.63, 3.8) is 0 Å². The summed E-state index contributed by atoms with van der Waals surface area (Å²) < 4.78 is 9.93. The Kier molecular flexibility index (Phi) is 3.69. The fourth-order valence-corrected chi connectivity index (χ4v) is 3.61. The molecule has 0 N–H and O–H groups in total. The Hall–Kier alpha value is -1.70. The Morgan fingerprint density at radius 3 is 3.18 bits per heavy atom. The summed E-state index contributed by atoms with van der Waals surface area (Å²) in [6.45, 7) is 6.40. The van der Waals surface area contributed by atoms with Gasteiger partial charge in [-0.15, -0.1) is 11.3 Å². The van der Waals surface area contributed by atoms with Crippen molar-refractivity contribution in [1.29, 1.82) is 0 Å². The van der Waals surface area contributed by atoms with Crippen LogP contribution in [0.15, 0.2) is 30.2 Å². The van der Waals surface area contributed by atoms with Gasteiger partial charge in [-0.25, -0.2) is 4.98 Å². The van der Waals surface area contributed by atoms with Crippen LogP contribution in [0.5, 0.6) is 0 Å². The predicted molar refractivity (Wildman–Crippen MR) is 85.1 cm³/mol. The summed E-state index contributed by atoms with van der Waals surface area (Å²) in [6, 6.07) is 0. The highest BCUT2D eigenvalue weighted by Crippen LogP contribution is 2.15. The van der Waals surface area contributed by atoms with Crippen molar-refractivity contribution in [2.45, 2.75) is 26.1 Å². The molecular formula is C15H19N5OS. The molecule has 0 amide bonds. The summed E-state index contributed by atoms with van der Waals surface area (Å²) in [5.41, 5.74) is 2.31. The van der Waals surface area contributed by atoms with Gasteiger partial charge in [0.05, 0.1) is 31.1 Å². The normalized spacial score (nSPS) is 20.0. The van der Waals surface area contributed by atoms with Gasteiger partial charge in [0, 0.05) is 43.6 Å². The van der Waals surface area contributed by atoms with E-state index in [-0.39, 0.29) is 6.10 Å². The van der Waals surface area contributed by atoms with Gasteiger partial charge in [0.25, 0.3) is 0 Å². The minimum atomic E-state index is 0.191. The molecule has 116 valence electrons. The zero-order valence-corrected chi connectivity index (χ0v) is 13.4. The van der Waals surface area contributed by atoms with E-state index in [1.165, 1.54) is 5.56 Å². The summed E-state index contributed by atoms with van der Waals surface area (Å²) in [6.07, 6.45) is 8.31. The molecule has 0 bridgehead atoms. The molecule has 1 fully saturated rings. The van der Waals surface area contributed by atoms with Gasteiger partial charge in [0.2, 0.25) is 0 Å². The van der Waals surface area contributed by atoms with Crippen molar-refractivity contribution in [3.8, 4) is 0 Å². The lowest BCUT2D eigenvalue weighted by Gasteiger charge is -2.32. The molecule has 1 saturated heterocycles. The van der Waals surface area contributed by atoms with E-state index in [2.05, 4.69) is 50.3 Å². The van der Waals surface area contributed by atoms with Gasteiger partial charge < -0.3 is 4.74 Å². The average molecular weight is 317 g/mol. The number of fused-ring (bicyclic) bond motifs is 1. The summed E-state index contributed by atoms with van der Waals surface area (Å²) in [5, 5.41) is 6.40. The van der Waals surface area contributed by atoms with Gasteiger partial charge >= 0.3 is 0 Å². The Labute approximate surface area is 132 Å².